The van der Waals surface area contributed by atoms with E-state index in [4.69, 9.17) is 31.9 Å². The van der Waals surface area contributed by atoms with E-state index in [0.29, 0.717) is 17.1 Å². The molecule has 0 saturated carbocycles. The second kappa shape index (κ2) is 5.23. The lowest BCUT2D eigenvalue weighted by molar-refractivity contribution is 0.142. The van der Waals surface area contributed by atoms with E-state index in [0.717, 1.165) is 0 Å². The molecule has 0 saturated heterocycles. The highest BCUT2D eigenvalue weighted by atomic mass is 35.5. The predicted octanol–water partition coefficient (Wildman–Crippen LogP) is 2.91. The van der Waals surface area contributed by atoms with Gasteiger partial charge in [-0.2, -0.15) is 0 Å². The molecule has 0 atom stereocenters. The first-order valence-corrected chi connectivity index (χ1v) is 6.30. The molecule has 2 aromatic rings. The minimum atomic E-state index is -1.64. The van der Waals surface area contributed by atoms with Crippen LogP contribution in [0.4, 0.5) is 14.9 Å². The Morgan fingerprint density at radius 3 is 2.86 bits per heavy atom. The molecule has 0 unspecified atom stereocenters. The van der Waals surface area contributed by atoms with Gasteiger partial charge in [-0.3, -0.25) is 0 Å². The average Bonchev–Trinajstić information content (AvgIpc) is 2.95. The van der Waals surface area contributed by atoms with Gasteiger partial charge in [-0.1, -0.05) is 11.6 Å². The molecule has 1 aromatic carbocycles. The van der Waals surface area contributed by atoms with E-state index in [-0.39, 0.29) is 12.5 Å². The second-order valence-corrected chi connectivity index (χ2v) is 4.62. The van der Waals surface area contributed by atoms with Gasteiger partial charge in [-0.25, -0.2) is 14.2 Å². The molecule has 0 aliphatic carbocycles. The van der Waals surface area contributed by atoms with Crippen molar-refractivity contribution >= 4 is 23.4 Å². The van der Waals surface area contributed by atoms with Crippen molar-refractivity contribution in [3.63, 3.8) is 0 Å². The second-order valence-electron chi connectivity index (χ2n) is 4.24. The number of nitrogens with two attached hydrogens (primary N) is 1. The summed E-state index contributed by atoms with van der Waals surface area (Å²) in [7, 11) is 0. The third-order valence-corrected chi connectivity index (χ3v) is 3.28. The van der Waals surface area contributed by atoms with Crippen molar-refractivity contribution in [1.29, 1.82) is 0 Å². The van der Waals surface area contributed by atoms with Gasteiger partial charge < -0.3 is 25.1 Å². The molecule has 0 spiro atoms. The zero-order valence-corrected chi connectivity index (χ0v) is 11.6. The summed E-state index contributed by atoms with van der Waals surface area (Å²) in [5, 5.41) is 8.24. The molecule has 1 aliphatic rings. The Balaban J connectivity index is 2.13. The Labute approximate surface area is 128 Å². The Bertz CT molecular complexity index is 784. The number of carboxylic acid groups (broad SMARTS) is 1. The number of benzene rings is 1. The smallest absolute Gasteiger partial charge is 0.454 e. The monoisotopic (exact) mass is 326 g/mol. The van der Waals surface area contributed by atoms with E-state index in [1.54, 1.807) is 6.07 Å². The third-order valence-electron chi connectivity index (χ3n) is 2.91. The van der Waals surface area contributed by atoms with E-state index < -0.39 is 28.6 Å². The van der Waals surface area contributed by atoms with Crippen molar-refractivity contribution in [2.24, 2.45) is 0 Å². The number of anilines is 1. The highest BCUT2D eigenvalue weighted by Gasteiger charge is 2.22. The predicted molar refractivity (Wildman–Crippen MR) is 73.8 cm³/mol. The first-order valence-electron chi connectivity index (χ1n) is 5.92. The lowest BCUT2D eigenvalue weighted by atomic mass is 10.1. The number of fused-ring (bicyclic) bond motifs is 1. The van der Waals surface area contributed by atoms with Crippen LogP contribution in [0, 0.1) is 5.82 Å². The number of nitrogen functional groups attached to an aromatic ring is 1. The first kappa shape index (κ1) is 14.2. The third kappa shape index (κ3) is 2.33. The Morgan fingerprint density at radius 1 is 1.41 bits per heavy atom. The Morgan fingerprint density at radius 2 is 2.14 bits per heavy atom. The largest absolute Gasteiger partial charge is 0.512 e. The summed E-state index contributed by atoms with van der Waals surface area (Å²) in [5.41, 5.74) is 5.17. The summed E-state index contributed by atoms with van der Waals surface area (Å²) in [4.78, 5) is 14.4. The van der Waals surface area contributed by atoms with E-state index in [1.807, 2.05) is 0 Å². The van der Waals surface area contributed by atoms with E-state index in [9.17, 15) is 9.18 Å². The molecule has 114 valence electrons. The molecule has 0 radical (unpaired) electrons. The Kier molecular flexibility index (Phi) is 3.38. The minimum absolute atomic E-state index is 0.0603. The number of hydrogen-bond donors (Lipinski definition) is 2. The molecule has 3 N–H and O–H groups in total. The lowest BCUT2D eigenvalue weighted by Gasteiger charge is -2.10. The van der Waals surface area contributed by atoms with Crippen molar-refractivity contribution in [2.75, 3.05) is 12.5 Å². The van der Waals surface area contributed by atoms with Crippen LogP contribution in [-0.4, -0.2) is 23.0 Å². The van der Waals surface area contributed by atoms with Gasteiger partial charge >= 0.3 is 6.16 Å². The summed E-state index contributed by atoms with van der Waals surface area (Å²) >= 11 is 5.74. The number of carbonyl (C=O) groups is 1. The number of pyridine rings is 1. The van der Waals surface area contributed by atoms with Gasteiger partial charge in [0.05, 0.1) is 5.69 Å². The zero-order valence-electron chi connectivity index (χ0n) is 10.8. The van der Waals surface area contributed by atoms with Crippen LogP contribution < -0.4 is 19.9 Å². The fourth-order valence-electron chi connectivity index (χ4n) is 1.92. The lowest BCUT2D eigenvalue weighted by Crippen LogP contribution is -2.08. The molecular weight excluding hydrogens is 319 g/mol. The molecule has 0 bridgehead atoms. The molecule has 0 fully saturated rings. The Hall–Kier alpha value is -2.74. The molecule has 22 heavy (non-hydrogen) atoms. The highest BCUT2D eigenvalue weighted by Crippen LogP contribution is 2.40. The maximum absolute atomic E-state index is 14.3. The maximum atomic E-state index is 14.3. The van der Waals surface area contributed by atoms with Gasteiger partial charge in [0, 0.05) is 5.56 Å². The number of rotatable bonds is 2. The number of halogens is 2. The van der Waals surface area contributed by atoms with Gasteiger partial charge in [-0.15, -0.1) is 0 Å². The van der Waals surface area contributed by atoms with Gasteiger partial charge in [0.25, 0.3) is 0 Å². The summed E-state index contributed by atoms with van der Waals surface area (Å²) in [6.07, 6.45) is -1.64. The van der Waals surface area contributed by atoms with Gasteiger partial charge in [0.1, 0.15) is 10.7 Å². The summed E-state index contributed by atoms with van der Waals surface area (Å²) in [5.74, 6) is -0.469. The number of nitrogens with zero attached hydrogens (tertiary/aromatic N) is 1. The van der Waals surface area contributed by atoms with Crippen molar-refractivity contribution in [1.82, 2.24) is 4.98 Å². The van der Waals surface area contributed by atoms with Crippen LogP contribution in [0.15, 0.2) is 18.2 Å². The topological polar surface area (TPSA) is 104 Å². The first-order chi connectivity index (χ1) is 10.5. The average molecular weight is 327 g/mol. The fourth-order valence-corrected chi connectivity index (χ4v) is 2.09. The van der Waals surface area contributed by atoms with Crippen LogP contribution in [0.25, 0.3) is 11.3 Å². The standard InChI is InChI=1S/C13H8ClFN2O5/c14-8-10(16)9(15)11(17-12(8)22-13(18)19)5-1-2-6-7(3-5)21-4-20-6/h1-3H,4H2,(H2,16,17)(H,18,19). The quantitative estimate of drug-likeness (QED) is 0.817. The van der Waals surface area contributed by atoms with Crippen LogP contribution in [0.2, 0.25) is 5.02 Å². The van der Waals surface area contributed by atoms with Gasteiger partial charge in [-0.05, 0) is 18.2 Å². The van der Waals surface area contributed by atoms with Crippen molar-refractivity contribution in [3.05, 3.63) is 29.0 Å². The highest BCUT2D eigenvalue weighted by molar-refractivity contribution is 6.34. The number of ether oxygens (including phenoxy) is 3. The van der Waals surface area contributed by atoms with Crippen LogP contribution in [-0.2, 0) is 0 Å². The van der Waals surface area contributed by atoms with Crippen molar-refractivity contribution < 1.29 is 28.5 Å². The summed E-state index contributed by atoms with van der Waals surface area (Å²) < 4.78 is 29.0. The summed E-state index contributed by atoms with van der Waals surface area (Å²) in [6.45, 7) is 0.0603. The van der Waals surface area contributed by atoms with E-state index in [2.05, 4.69) is 9.72 Å². The van der Waals surface area contributed by atoms with Crippen LogP contribution in [0.3, 0.4) is 0 Å². The van der Waals surface area contributed by atoms with Crippen molar-refractivity contribution in [3.8, 4) is 28.6 Å². The molecule has 0 amide bonds. The van der Waals surface area contributed by atoms with E-state index in [1.165, 1.54) is 12.1 Å². The molecule has 1 aliphatic heterocycles. The maximum Gasteiger partial charge on any atom is 0.512 e. The molecule has 7 nitrogen and oxygen atoms in total. The fraction of sp³-hybridized carbons (Fsp3) is 0.0769. The van der Waals surface area contributed by atoms with Gasteiger partial charge in [0.15, 0.2) is 17.3 Å². The van der Waals surface area contributed by atoms with E-state index >= 15 is 0 Å². The molecule has 1 aromatic heterocycles. The zero-order chi connectivity index (χ0) is 15.9. The minimum Gasteiger partial charge on any atom is -0.454 e. The van der Waals surface area contributed by atoms with Crippen LogP contribution >= 0.6 is 11.6 Å². The summed E-state index contributed by atoms with van der Waals surface area (Å²) in [6, 6.07) is 4.59. The molecule has 9 heteroatoms. The number of aromatic nitrogens is 1. The normalized spacial score (nSPS) is 12.3. The van der Waals surface area contributed by atoms with Crippen LogP contribution in [0.1, 0.15) is 0 Å². The molecular formula is C13H8ClFN2O5. The number of hydrogen-bond acceptors (Lipinski definition) is 6. The van der Waals surface area contributed by atoms with Crippen LogP contribution in [0.5, 0.6) is 17.4 Å². The molecule has 2 heterocycles. The van der Waals surface area contributed by atoms with Crippen molar-refractivity contribution in [2.45, 2.75) is 0 Å². The van der Waals surface area contributed by atoms with Gasteiger partial charge in [0.2, 0.25) is 12.7 Å². The SMILES string of the molecule is Nc1c(F)c(-c2ccc3c(c2)OCO3)nc(OC(=O)O)c1Cl. The molecule has 3 rings (SSSR count).